The SMILES string of the molecule is Cc1nn(C)cc1NC(=O)CCn1nc(C)c(Cl)c1C. The molecule has 0 saturated carbocycles. The second-order valence-corrected chi connectivity index (χ2v) is 5.19. The summed E-state index contributed by atoms with van der Waals surface area (Å²) in [5, 5.41) is 12.0. The Labute approximate surface area is 122 Å². The number of aryl methyl sites for hydroxylation is 4. The maximum atomic E-state index is 11.9. The van der Waals surface area contributed by atoms with Crippen LogP contribution in [0.2, 0.25) is 5.02 Å². The van der Waals surface area contributed by atoms with Crippen molar-refractivity contribution in [3.63, 3.8) is 0 Å². The molecule has 0 saturated heterocycles. The molecule has 0 unspecified atom stereocenters. The number of carbonyl (C=O) groups excluding carboxylic acids is 1. The molecule has 20 heavy (non-hydrogen) atoms. The van der Waals surface area contributed by atoms with Gasteiger partial charge in [0.2, 0.25) is 5.91 Å². The number of carbonyl (C=O) groups is 1. The second-order valence-electron chi connectivity index (χ2n) is 4.81. The molecule has 0 spiro atoms. The van der Waals surface area contributed by atoms with Crippen molar-refractivity contribution in [2.24, 2.45) is 7.05 Å². The summed E-state index contributed by atoms with van der Waals surface area (Å²) in [5.74, 6) is -0.0650. The number of hydrogen-bond acceptors (Lipinski definition) is 3. The fourth-order valence-corrected chi connectivity index (χ4v) is 2.17. The molecule has 2 rings (SSSR count). The molecular formula is C13H18ClN5O. The van der Waals surface area contributed by atoms with Crippen LogP contribution in [0.5, 0.6) is 0 Å². The largest absolute Gasteiger partial charge is 0.323 e. The molecule has 1 N–H and O–H groups in total. The third kappa shape index (κ3) is 3.01. The van der Waals surface area contributed by atoms with Gasteiger partial charge < -0.3 is 5.32 Å². The number of nitrogens with one attached hydrogen (secondary N) is 1. The van der Waals surface area contributed by atoms with E-state index in [2.05, 4.69) is 15.5 Å². The summed E-state index contributed by atoms with van der Waals surface area (Å²) in [5.41, 5.74) is 3.21. The first kappa shape index (κ1) is 14.6. The minimum Gasteiger partial charge on any atom is -0.323 e. The molecule has 0 bridgehead atoms. The third-order valence-corrected chi connectivity index (χ3v) is 3.68. The Kier molecular flexibility index (Phi) is 4.13. The van der Waals surface area contributed by atoms with Gasteiger partial charge in [0.25, 0.3) is 0 Å². The molecule has 6 nitrogen and oxygen atoms in total. The van der Waals surface area contributed by atoms with Crippen LogP contribution in [-0.4, -0.2) is 25.5 Å². The van der Waals surface area contributed by atoms with Crippen LogP contribution in [0.3, 0.4) is 0 Å². The van der Waals surface area contributed by atoms with E-state index in [4.69, 9.17) is 11.6 Å². The number of nitrogens with zero attached hydrogens (tertiary/aromatic N) is 4. The number of anilines is 1. The van der Waals surface area contributed by atoms with Crippen LogP contribution in [0.1, 0.15) is 23.5 Å². The van der Waals surface area contributed by atoms with Crippen LogP contribution in [0.25, 0.3) is 0 Å². The van der Waals surface area contributed by atoms with Crippen molar-refractivity contribution in [3.05, 3.63) is 28.3 Å². The van der Waals surface area contributed by atoms with Crippen LogP contribution >= 0.6 is 11.6 Å². The van der Waals surface area contributed by atoms with E-state index in [1.807, 2.05) is 27.8 Å². The molecule has 0 aliphatic rings. The Hall–Kier alpha value is -1.82. The summed E-state index contributed by atoms with van der Waals surface area (Å²) in [7, 11) is 1.82. The predicted molar refractivity (Wildman–Crippen MR) is 77.9 cm³/mol. The second kappa shape index (κ2) is 5.66. The molecule has 7 heteroatoms. The van der Waals surface area contributed by atoms with Crippen LogP contribution in [0.15, 0.2) is 6.20 Å². The summed E-state index contributed by atoms with van der Waals surface area (Å²) >= 11 is 6.07. The summed E-state index contributed by atoms with van der Waals surface area (Å²) < 4.78 is 3.43. The lowest BCUT2D eigenvalue weighted by atomic mass is 10.3. The Morgan fingerprint density at radius 2 is 2.00 bits per heavy atom. The van der Waals surface area contributed by atoms with E-state index in [0.717, 1.165) is 22.8 Å². The molecule has 0 fully saturated rings. The number of aromatic nitrogens is 4. The van der Waals surface area contributed by atoms with Crippen molar-refractivity contribution in [1.82, 2.24) is 19.6 Å². The quantitative estimate of drug-likeness (QED) is 0.940. The van der Waals surface area contributed by atoms with Gasteiger partial charge >= 0.3 is 0 Å². The molecule has 1 amide bonds. The van der Waals surface area contributed by atoms with Crippen LogP contribution in [0, 0.1) is 20.8 Å². The fourth-order valence-electron chi connectivity index (χ4n) is 2.04. The molecule has 0 aliphatic carbocycles. The van der Waals surface area contributed by atoms with E-state index in [1.54, 1.807) is 15.6 Å². The van der Waals surface area contributed by atoms with Gasteiger partial charge in [-0.3, -0.25) is 14.2 Å². The molecule has 0 aromatic carbocycles. The summed E-state index contributed by atoms with van der Waals surface area (Å²) in [6, 6.07) is 0. The number of rotatable bonds is 4. The van der Waals surface area contributed by atoms with E-state index in [9.17, 15) is 4.79 Å². The van der Waals surface area contributed by atoms with Gasteiger partial charge in [0, 0.05) is 19.7 Å². The Morgan fingerprint density at radius 1 is 1.30 bits per heavy atom. The first-order valence-electron chi connectivity index (χ1n) is 6.38. The summed E-state index contributed by atoms with van der Waals surface area (Å²) in [6.45, 7) is 6.11. The topological polar surface area (TPSA) is 64.7 Å². The van der Waals surface area contributed by atoms with Crippen LogP contribution in [-0.2, 0) is 18.4 Å². The molecule has 108 valence electrons. The van der Waals surface area contributed by atoms with E-state index in [0.29, 0.717) is 18.0 Å². The zero-order chi connectivity index (χ0) is 14.9. The molecular weight excluding hydrogens is 278 g/mol. The van der Waals surface area contributed by atoms with Crippen LogP contribution < -0.4 is 5.32 Å². The zero-order valence-electron chi connectivity index (χ0n) is 12.1. The summed E-state index contributed by atoms with van der Waals surface area (Å²) in [4.78, 5) is 11.9. The van der Waals surface area contributed by atoms with Crippen LogP contribution in [0.4, 0.5) is 5.69 Å². The van der Waals surface area contributed by atoms with Gasteiger partial charge in [-0.2, -0.15) is 10.2 Å². The highest BCUT2D eigenvalue weighted by atomic mass is 35.5. The molecule has 2 aromatic heterocycles. The number of hydrogen-bond donors (Lipinski definition) is 1. The minimum absolute atomic E-state index is 0.0650. The highest BCUT2D eigenvalue weighted by Gasteiger charge is 2.12. The monoisotopic (exact) mass is 295 g/mol. The fraction of sp³-hybridized carbons (Fsp3) is 0.462. The van der Waals surface area contributed by atoms with Crippen molar-refractivity contribution in [2.45, 2.75) is 33.7 Å². The standard InChI is InChI=1S/C13H18ClN5O/c1-8-11(7-18(4)16-8)15-12(20)5-6-19-10(3)13(14)9(2)17-19/h7H,5-6H2,1-4H3,(H,15,20). The van der Waals surface area contributed by atoms with Gasteiger partial charge in [-0.25, -0.2) is 0 Å². The van der Waals surface area contributed by atoms with E-state index in [-0.39, 0.29) is 5.91 Å². The third-order valence-electron chi connectivity index (χ3n) is 3.13. The Morgan fingerprint density at radius 3 is 2.50 bits per heavy atom. The van der Waals surface area contributed by atoms with Crippen molar-refractivity contribution in [2.75, 3.05) is 5.32 Å². The van der Waals surface area contributed by atoms with E-state index < -0.39 is 0 Å². The predicted octanol–water partition coefficient (Wildman–Crippen LogP) is 2.22. The molecule has 0 radical (unpaired) electrons. The van der Waals surface area contributed by atoms with Gasteiger partial charge in [0.15, 0.2) is 0 Å². The first-order valence-corrected chi connectivity index (χ1v) is 6.76. The average molecular weight is 296 g/mol. The molecule has 0 atom stereocenters. The lowest BCUT2D eigenvalue weighted by Crippen LogP contribution is -2.15. The lowest BCUT2D eigenvalue weighted by Gasteiger charge is -2.05. The van der Waals surface area contributed by atoms with Crippen molar-refractivity contribution in [3.8, 4) is 0 Å². The van der Waals surface area contributed by atoms with Gasteiger partial charge in [0.05, 0.1) is 34.3 Å². The number of amides is 1. The number of halogens is 1. The lowest BCUT2D eigenvalue weighted by molar-refractivity contribution is -0.116. The minimum atomic E-state index is -0.0650. The van der Waals surface area contributed by atoms with Gasteiger partial charge in [0.1, 0.15) is 0 Å². The normalized spacial score (nSPS) is 10.8. The van der Waals surface area contributed by atoms with Gasteiger partial charge in [-0.05, 0) is 20.8 Å². The van der Waals surface area contributed by atoms with E-state index in [1.165, 1.54) is 0 Å². The molecule has 0 aliphatic heterocycles. The van der Waals surface area contributed by atoms with Gasteiger partial charge in [-0.1, -0.05) is 11.6 Å². The van der Waals surface area contributed by atoms with E-state index >= 15 is 0 Å². The maximum absolute atomic E-state index is 11.9. The smallest absolute Gasteiger partial charge is 0.226 e. The van der Waals surface area contributed by atoms with Crippen molar-refractivity contribution >= 4 is 23.2 Å². The molecule has 2 heterocycles. The van der Waals surface area contributed by atoms with Gasteiger partial charge in [-0.15, -0.1) is 0 Å². The Bertz CT molecular complexity index is 643. The highest BCUT2D eigenvalue weighted by Crippen LogP contribution is 2.19. The first-order chi connectivity index (χ1) is 9.38. The average Bonchev–Trinajstić information content (AvgIpc) is 2.81. The zero-order valence-corrected chi connectivity index (χ0v) is 12.8. The van der Waals surface area contributed by atoms with Crippen molar-refractivity contribution in [1.29, 1.82) is 0 Å². The maximum Gasteiger partial charge on any atom is 0.226 e. The summed E-state index contributed by atoms with van der Waals surface area (Å²) in [6.07, 6.45) is 2.13. The Balaban J connectivity index is 1.95. The highest BCUT2D eigenvalue weighted by molar-refractivity contribution is 6.31. The molecule has 2 aromatic rings. The van der Waals surface area contributed by atoms with Crippen molar-refractivity contribution < 1.29 is 4.79 Å².